The predicted octanol–water partition coefficient (Wildman–Crippen LogP) is 2.15. The summed E-state index contributed by atoms with van der Waals surface area (Å²) in [5.41, 5.74) is 7.56. The Kier molecular flexibility index (Phi) is 4.59. The molecule has 4 nitrogen and oxygen atoms in total. The van der Waals surface area contributed by atoms with Crippen molar-refractivity contribution < 1.29 is 14.4 Å². The van der Waals surface area contributed by atoms with Gasteiger partial charge in [-0.1, -0.05) is 30.3 Å². The van der Waals surface area contributed by atoms with Gasteiger partial charge in [0.15, 0.2) is 0 Å². The molecule has 1 saturated heterocycles. The van der Waals surface area contributed by atoms with Crippen molar-refractivity contribution in [3.05, 3.63) is 40.9 Å². The van der Waals surface area contributed by atoms with Gasteiger partial charge in [0.2, 0.25) is 0 Å². The van der Waals surface area contributed by atoms with Gasteiger partial charge in [-0.2, -0.15) is 0 Å². The van der Waals surface area contributed by atoms with Gasteiger partial charge in [-0.15, -0.1) is 0 Å². The highest BCUT2D eigenvalue weighted by atomic mass is 16.7. The first-order chi connectivity index (χ1) is 9.79. The van der Waals surface area contributed by atoms with Gasteiger partial charge in [-0.25, -0.2) is 0 Å². The topological polar surface area (TPSA) is 64.7 Å². The molecule has 0 bridgehead atoms. The summed E-state index contributed by atoms with van der Waals surface area (Å²) in [7, 11) is -0.519. The molecule has 114 valence electrons. The molecule has 1 fully saturated rings. The fourth-order valence-corrected chi connectivity index (χ4v) is 2.15. The Morgan fingerprint density at radius 1 is 1.14 bits per heavy atom. The van der Waals surface area contributed by atoms with Crippen LogP contribution in [0.3, 0.4) is 0 Å². The number of nitrogens with two attached hydrogens (primary N) is 1. The zero-order valence-electron chi connectivity index (χ0n) is 13.2. The molecular weight excluding hydrogens is 265 g/mol. The zero-order chi connectivity index (χ0) is 15.7. The second-order valence-electron chi connectivity index (χ2n) is 6.41. The number of rotatable bonds is 4. The van der Waals surface area contributed by atoms with Gasteiger partial charge >= 0.3 is 7.12 Å². The first kappa shape index (κ1) is 16.2. The number of aliphatic hydroxyl groups is 1. The van der Waals surface area contributed by atoms with Crippen LogP contribution in [0.4, 0.5) is 0 Å². The molecule has 0 atom stereocenters. The van der Waals surface area contributed by atoms with E-state index in [4.69, 9.17) is 15.0 Å². The number of hydrogen-bond acceptors (Lipinski definition) is 4. The Hall–Kier alpha value is -1.14. The van der Waals surface area contributed by atoms with Gasteiger partial charge in [-0.3, -0.25) is 0 Å². The average Bonchev–Trinajstić information content (AvgIpc) is 2.65. The summed E-state index contributed by atoms with van der Waals surface area (Å²) in [4.78, 5) is 0. The highest BCUT2D eigenvalue weighted by Gasteiger charge is 2.52. The van der Waals surface area contributed by atoms with E-state index >= 15 is 0 Å². The van der Waals surface area contributed by atoms with Gasteiger partial charge in [-0.05, 0) is 44.3 Å². The van der Waals surface area contributed by atoms with E-state index in [1.807, 2.05) is 58.0 Å². The van der Waals surface area contributed by atoms with Crippen LogP contribution >= 0.6 is 0 Å². The Morgan fingerprint density at radius 2 is 1.67 bits per heavy atom. The van der Waals surface area contributed by atoms with Gasteiger partial charge in [0.25, 0.3) is 0 Å². The van der Waals surface area contributed by atoms with Crippen molar-refractivity contribution in [2.75, 3.05) is 6.61 Å². The van der Waals surface area contributed by atoms with E-state index in [0.717, 1.165) is 11.1 Å². The monoisotopic (exact) mass is 289 g/mol. The van der Waals surface area contributed by atoms with Gasteiger partial charge in [0, 0.05) is 6.54 Å². The summed E-state index contributed by atoms with van der Waals surface area (Å²) in [6.07, 6.45) is 1.91. The van der Waals surface area contributed by atoms with Crippen molar-refractivity contribution in [1.82, 2.24) is 0 Å². The SMILES string of the molecule is CC1(C)OB(C(=Cc2ccc(CN)cc2)CO)OC1(C)C. The average molecular weight is 289 g/mol. The van der Waals surface area contributed by atoms with Gasteiger partial charge in [0.05, 0.1) is 17.8 Å². The molecule has 1 aliphatic heterocycles. The first-order valence-electron chi connectivity index (χ1n) is 7.25. The molecule has 0 aromatic heterocycles. The van der Waals surface area contributed by atoms with E-state index in [1.54, 1.807) is 0 Å². The molecule has 3 N–H and O–H groups in total. The maximum absolute atomic E-state index is 9.64. The third-order valence-electron chi connectivity index (χ3n) is 4.31. The standard InChI is InChI=1S/C16H24BNO3/c1-15(2)16(3,4)21-17(20-15)14(11-19)9-12-5-7-13(10-18)8-6-12/h5-9,19H,10-11,18H2,1-4H3. The van der Waals surface area contributed by atoms with Crippen LogP contribution in [0.2, 0.25) is 0 Å². The highest BCUT2D eigenvalue weighted by molar-refractivity contribution is 6.55. The number of benzene rings is 1. The van der Waals surface area contributed by atoms with Gasteiger partial charge < -0.3 is 20.1 Å². The molecule has 1 heterocycles. The van der Waals surface area contributed by atoms with Crippen molar-refractivity contribution in [2.45, 2.75) is 45.4 Å². The smallest absolute Gasteiger partial charge is 0.400 e. The van der Waals surface area contributed by atoms with Gasteiger partial charge in [0.1, 0.15) is 0 Å². The van der Waals surface area contributed by atoms with Crippen LogP contribution in [0.15, 0.2) is 29.7 Å². The van der Waals surface area contributed by atoms with Crippen LogP contribution in [0, 0.1) is 0 Å². The molecule has 2 rings (SSSR count). The van der Waals surface area contributed by atoms with Crippen molar-refractivity contribution >= 4 is 13.2 Å². The summed E-state index contributed by atoms with van der Waals surface area (Å²) >= 11 is 0. The minimum Gasteiger partial charge on any atom is -0.400 e. The number of aliphatic hydroxyl groups excluding tert-OH is 1. The lowest BCUT2D eigenvalue weighted by atomic mass is 9.77. The maximum Gasteiger partial charge on any atom is 0.492 e. The molecule has 1 aromatic rings. The van der Waals surface area contributed by atoms with Crippen LogP contribution in [-0.2, 0) is 15.9 Å². The van der Waals surface area contributed by atoms with E-state index in [2.05, 4.69) is 0 Å². The molecule has 1 aromatic carbocycles. The van der Waals surface area contributed by atoms with Crippen molar-refractivity contribution in [1.29, 1.82) is 0 Å². The van der Waals surface area contributed by atoms with Crippen molar-refractivity contribution in [3.63, 3.8) is 0 Å². The summed E-state index contributed by atoms with van der Waals surface area (Å²) in [6.45, 7) is 8.41. The van der Waals surface area contributed by atoms with E-state index in [1.165, 1.54) is 0 Å². The molecule has 21 heavy (non-hydrogen) atoms. The Labute approximate surface area is 127 Å². The minimum absolute atomic E-state index is 0.102. The molecule has 5 heteroatoms. The normalized spacial score (nSPS) is 20.9. The molecule has 0 spiro atoms. The van der Waals surface area contributed by atoms with Crippen molar-refractivity contribution in [2.24, 2.45) is 5.73 Å². The maximum atomic E-state index is 9.64. The lowest BCUT2D eigenvalue weighted by Gasteiger charge is -2.32. The summed E-state index contributed by atoms with van der Waals surface area (Å²) in [6, 6.07) is 7.91. The molecule has 0 aliphatic carbocycles. The predicted molar refractivity (Wildman–Crippen MR) is 85.5 cm³/mol. The third kappa shape index (κ3) is 3.38. The lowest BCUT2D eigenvalue weighted by Crippen LogP contribution is -2.41. The Bertz CT molecular complexity index is 507. The zero-order valence-corrected chi connectivity index (χ0v) is 13.2. The van der Waals surface area contributed by atoms with Crippen molar-refractivity contribution in [3.8, 4) is 0 Å². The number of hydrogen-bond donors (Lipinski definition) is 2. The third-order valence-corrected chi connectivity index (χ3v) is 4.31. The molecule has 0 saturated carbocycles. The van der Waals surface area contributed by atoms with Crippen LogP contribution in [0.25, 0.3) is 6.08 Å². The molecule has 0 unspecified atom stereocenters. The molecule has 0 amide bonds. The van der Waals surface area contributed by atoms with Crippen LogP contribution in [0.5, 0.6) is 0 Å². The molecule has 1 aliphatic rings. The summed E-state index contributed by atoms with van der Waals surface area (Å²) in [5.74, 6) is 0. The highest BCUT2D eigenvalue weighted by Crippen LogP contribution is 2.38. The fourth-order valence-electron chi connectivity index (χ4n) is 2.15. The first-order valence-corrected chi connectivity index (χ1v) is 7.25. The van der Waals surface area contributed by atoms with Crippen LogP contribution in [0.1, 0.15) is 38.8 Å². The second-order valence-corrected chi connectivity index (χ2v) is 6.41. The van der Waals surface area contributed by atoms with Crippen LogP contribution in [-0.4, -0.2) is 30.0 Å². The summed E-state index contributed by atoms with van der Waals surface area (Å²) in [5, 5.41) is 9.64. The van der Waals surface area contributed by atoms with E-state index in [9.17, 15) is 5.11 Å². The quantitative estimate of drug-likeness (QED) is 0.834. The lowest BCUT2D eigenvalue weighted by molar-refractivity contribution is 0.00578. The Balaban J connectivity index is 2.22. The van der Waals surface area contributed by atoms with E-state index in [-0.39, 0.29) is 6.61 Å². The fraction of sp³-hybridized carbons (Fsp3) is 0.500. The molecular formula is C16H24BNO3. The minimum atomic E-state index is -0.519. The Morgan fingerprint density at radius 3 is 2.10 bits per heavy atom. The van der Waals surface area contributed by atoms with Crippen LogP contribution < -0.4 is 5.73 Å². The summed E-state index contributed by atoms with van der Waals surface area (Å²) < 4.78 is 11.9. The second kappa shape index (κ2) is 5.93. The molecule has 0 radical (unpaired) electrons. The largest absolute Gasteiger partial charge is 0.492 e. The van der Waals surface area contributed by atoms with E-state index < -0.39 is 18.3 Å². The van der Waals surface area contributed by atoms with E-state index in [0.29, 0.717) is 12.0 Å².